The molecule has 0 aromatic heterocycles. The quantitative estimate of drug-likeness (QED) is 0.644. The van der Waals surface area contributed by atoms with Crippen molar-refractivity contribution in [3.63, 3.8) is 0 Å². The summed E-state index contributed by atoms with van der Waals surface area (Å²) in [6.07, 6.45) is 7.07. The number of guanidine groups is 1. The van der Waals surface area contributed by atoms with Gasteiger partial charge in [0.2, 0.25) is 11.9 Å². The van der Waals surface area contributed by atoms with E-state index >= 15 is 0 Å². The molecule has 1 saturated heterocycles. The summed E-state index contributed by atoms with van der Waals surface area (Å²) in [5, 5.41) is 0.957. The zero-order chi connectivity index (χ0) is 21.7. The van der Waals surface area contributed by atoms with Crippen LogP contribution >= 0.6 is 23.2 Å². The van der Waals surface area contributed by atoms with Gasteiger partial charge < -0.3 is 0 Å². The predicted octanol–water partition coefficient (Wildman–Crippen LogP) is 3.58. The highest BCUT2D eigenvalue weighted by Gasteiger charge is 2.54. The van der Waals surface area contributed by atoms with Crippen molar-refractivity contribution in [3.8, 4) is 0 Å². The number of likely N-dealkylation sites (N-methyl/N-ethyl adjacent to an activating group) is 1. The Hall–Kier alpha value is -2.12. The first-order valence-electron chi connectivity index (χ1n) is 11.0. The van der Waals surface area contributed by atoms with Crippen LogP contribution in [0.5, 0.6) is 0 Å². The van der Waals surface area contributed by atoms with Gasteiger partial charge in [0.1, 0.15) is 0 Å². The number of benzene rings is 1. The summed E-state index contributed by atoms with van der Waals surface area (Å²) < 4.78 is 2.09. The van der Waals surface area contributed by atoms with Gasteiger partial charge in [-0.3, -0.25) is 19.5 Å². The van der Waals surface area contributed by atoms with Gasteiger partial charge in [0.05, 0.1) is 25.7 Å². The molecule has 4 aliphatic rings. The molecule has 0 bridgehead atoms. The van der Waals surface area contributed by atoms with Crippen molar-refractivity contribution in [2.45, 2.75) is 57.2 Å². The Labute approximate surface area is 191 Å². The number of carbonyl (C=O) groups excluding carboxylic acids is 2. The SMILES string of the molecule is CN1C(=O)N(Cc2ccc(Cl)cc2Cl)C(=O)C2C1=NC1=[N+]2CCCN1C1CCCCC1. The van der Waals surface area contributed by atoms with Gasteiger partial charge in [0.15, 0.2) is 0 Å². The normalized spacial score (nSPS) is 24.5. The minimum atomic E-state index is -0.560. The second kappa shape index (κ2) is 8.10. The van der Waals surface area contributed by atoms with E-state index in [1.807, 2.05) is 0 Å². The smallest absolute Gasteiger partial charge is 0.270 e. The number of rotatable bonds is 3. The molecule has 3 aliphatic heterocycles. The molecule has 1 aromatic rings. The first kappa shape index (κ1) is 20.8. The van der Waals surface area contributed by atoms with Crippen molar-refractivity contribution in [3.05, 3.63) is 33.8 Å². The van der Waals surface area contributed by atoms with Gasteiger partial charge in [-0.2, -0.15) is 0 Å². The first-order valence-corrected chi connectivity index (χ1v) is 11.7. The van der Waals surface area contributed by atoms with Crippen LogP contribution in [0.1, 0.15) is 44.1 Å². The summed E-state index contributed by atoms with van der Waals surface area (Å²) in [4.78, 5) is 36.6. The number of hydrogen-bond acceptors (Lipinski definition) is 4. The Morgan fingerprint density at radius 2 is 1.90 bits per heavy atom. The standard InChI is InChI=1S/C22H26Cl2N5O2/c1-26-19-18(20(30)29(22(26)31)13-14-8-9-15(23)12-17(14)24)28-11-5-10-27(21(28)25-19)16-6-3-2-4-7-16/h8-9,12,16,18H,2-7,10-11,13H2,1H3/q+1. The van der Waals surface area contributed by atoms with Crippen molar-refractivity contribution < 1.29 is 14.2 Å². The van der Waals surface area contributed by atoms with Crippen LogP contribution in [-0.2, 0) is 11.3 Å². The minimum absolute atomic E-state index is 0.108. The maximum absolute atomic E-state index is 13.5. The van der Waals surface area contributed by atoms with E-state index in [1.165, 1.54) is 29.1 Å². The third-order valence-electron chi connectivity index (χ3n) is 6.80. The fraction of sp³-hybridized carbons (Fsp3) is 0.545. The molecule has 2 fully saturated rings. The Bertz CT molecular complexity index is 1000. The first-order chi connectivity index (χ1) is 15.0. The molecule has 3 heterocycles. The lowest BCUT2D eigenvalue weighted by Gasteiger charge is -2.36. The average molecular weight is 463 g/mol. The van der Waals surface area contributed by atoms with E-state index in [2.05, 4.69) is 9.48 Å². The highest BCUT2D eigenvalue weighted by Crippen LogP contribution is 2.30. The van der Waals surface area contributed by atoms with Crippen molar-refractivity contribution >= 4 is 46.9 Å². The Balaban J connectivity index is 1.46. The zero-order valence-corrected chi connectivity index (χ0v) is 19.1. The Kier molecular flexibility index (Phi) is 5.42. The fourth-order valence-corrected chi connectivity index (χ4v) is 5.65. The number of halogens is 2. The topological polar surface area (TPSA) is 59.2 Å². The molecule has 0 radical (unpaired) electrons. The fourth-order valence-electron chi connectivity index (χ4n) is 5.18. The third-order valence-corrected chi connectivity index (χ3v) is 7.39. The van der Waals surface area contributed by atoms with Crippen LogP contribution in [0.25, 0.3) is 0 Å². The lowest BCUT2D eigenvalue weighted by molar-refractivity contribution is -0.546. The molecule has 0 spiro atoms. The molecular weight excluding hydrogens is 437 g/mol. The maximum Gasteiger partial charge on any atom is 0.392 e. The number of imide groups is 1. The van der Waals surface area contributed by atoms with Gasteiger partial charge in [-0.15, -0.1) is 0 Å². The summed E-state index contributed by atoms with van der Waals surface area (Å²) in [5.41, 5.74) is 0.686. The predicted molar refractivity (Wildman–Crippen MR) is 120 cm³/mol. The minimum Gasteiger partial charge on any atom is -0.270 e. The largest absolute Gasteiger partial charge is 0.392 e. The van der Waals surface area contributed by atoms with Crippen molar-refractivity contribution in [2.75, 3.05) is 20.1 Å². The second-order valence-corrected chi connectivity index (χ2v) is 9.55. The van der Waals surface area contributed by atoms with Crippen LogP contribution < -0.4 is 0 Å². The third kappa shape index (κ3) is 3.52. The van der Waals surface area contributed by atoms with E-state index in [0.717, 1.165) is 38.3 Å². The van der Waals surface area contributed by atoms with Crippen LogP contribution in [0.4, 0.5) is 4.79 Å². The lowest BCUT2D eigenvalue weighted by atomic mass is 9.94. The number of aliphatic imine (C=N–C) groups is 1. The van der Waals surface area contributed by atoms with Gasteiger partial charge in [-0.25, -0.2) is 9.37 Å². The molecular formula is C22H26Cl2N5O2+. The number of urea groups is 1. The molecule has 1 saturated carbocycles. The molecule has 9 heteroatoms. The van der Waals surface area contributed by atoms with Crippen molar-refractivity contribution in [1.29, 1.82) is 0 Å². The van der Waals surface area contributed by atoms with Gasteiger partial charge in [0, 0.05) is 23.5 Å². The highest BCUT2D eigenvalue weighted by atomic mass is 35.5. The number of nitrogens with zero attached hydrogens (tertiary/aromatic N) is 5. The van der Waals surface area contributed by atoms with Crippen molar-refractivity contribution in [2.24, 2.45) is 4.99 Å². The Morgan fingerprint density at radius 3 is 2.65 bits per heavy atom. The summed E-state index contributed by atoms with van der Waals surface area (Å²) in [6, 6.07) is 4.63. The van der Waals surface area contributed by atoms with Crippen LogP contribution in [0.2, 0.25) is 10.0 Å². The van der Waals surface area contributed by atoms with Crippen molar-refractivity contribution in [1.82, 2.24) is 14.7 Å². The van der Waals surface area contributed by atoms with E-state index in [0.29, 0.717) is 27.5 Å². The summed E-state index contributed by atoms with van der Waals surface area (Å²) in [6.45, 7) is 1.83. The molecule has 1 aromatic carbocycles. The molecule has 1 atom stereocenters. The summed E-state index contributed by atoms with van der Waals surface area (Å²) >= 11 is 12.3. The van der Waals surface area contributed by atoms with E-state index < -0.39 is 6.04 Å². The molecule has 1 aliphatic carbocycles. The van der Waals surface area contributed by atoms with Gasteiger partial charge in [-0.1, -0.05) is 53.5 Å². The second-order valence-electron chi connectivity index (χ2n) is 8.71. The monoisotopic (exact) mass is 462 g/mol. The number of amides is 3. The Morgan fingerprint density at radius 1 is 1.13 bits per heavy atom. The number of carbonyl (C=O) groups is 2. The molecule has 7 nitrogen and oxygen atoms in total. The van der Waals surface area contributed by atoms with Gasteiger partial charge in [0.25, 0.3) is 5.91 Å². The van der Waals surface area contributed by atoms with E-state index in [4.69, 9.17) is 28.2 Å². The molecule has 164 valence electrons. The van der Waals surface area contributed by atoms with Crippen LogP contribution in [0.15, 0.2) is 23.2 Å². The lowest BCUT2D eigenvalue weighted by Crippen LogP contribution is -2.63. The highest BCUT2D eigenvalue weighted by molar-refractivity contribution is 6.35. The van der Waals surface area contributed by atoms with Gasteiger partial charge >= 0.3 is 12.0 Å². The van der Waals surface area contributed by atoms with Crippen LogP contribution in [-0.4, -0.2) is 75.2 Å². The van der Waals surface area contributed by atoms with E-state index in [1.54, 1.807) is 25.2 Å². The zero-order valence-electron chi connectivity index (χ0n) is 17.6. The molecule has 0 N–H and O–H groups in total. The van der Waals surface area contributed by atoms with Crippen LogP contribution in [0.3, 0.4) is 0 Å². The maximum atomic E-state index is 13.5. The van der Waals surface area contributed by atoms with Gasteiger partial charge in [-0.05, 0) is 30.5 Å². The van der Waals surface area contributed by atoms with E-state index in [9.17, 15) is 9.59 Å². The molecule has 5 rings (SSSR count). The molecule has 3 amide bonds. The number of amidine groups is 1. The molecule has 1 unspecified atom stereocenters. The number of fused-ring (bicyclic) bond motifs is 2. The average Bonchev–Trinajstić information content (AvgIpc) is 3.17. The molecule has 31 heavy (non-hydrogen) atoms. The summed E-state index contributed by atoms with van der Waals surface area (Å²) in [7, 11) is 1.70. The van der Waals surface area contributed by atoms with E-state index in [-0.39, 0.29) is 18.5 Å². The number of hydrogen-bond donors (Lipinski definition) is 0. The van der Waals surface area contributed by atoms with Crippen LogP contribution in [0, 0.1) is 0 Å². The summed E-state index contributed by atoms with van der Waals surface area (Å²) in [5.74, 6) is 1.15.